The van der Waals surface area contributed by atoms with Crippen molar-refractivity contribution < 1.29 is 19.1 Å². The number of carbonyl (C=O) groups excluding carboxylic acids is 3. The average Bonchev–Trinajstić information content (AvgIpc) is 2.60. The third-order valence-electron chi connectivity index (χ3n) is 3.19. The predicted molar refractivity (Wildman–Crippen MR) is 106 cm³/mol. The lowest BCUT2D eigenvalue weighted by Gasteiger charge is -2.19. The van der Waals surface area contributed by atoms with Gasteiger partial charge in [0.1, 0.15) is 11.4 Å². The lowest BCUT2D eigenvalue weighted by atomic mass is 10.2. The quantitative estimate of drug-likeness (QED) is 0.199. The minimum absolute atomic E-state index is 0.0329. The largest absolute Gasteiger partial charge is 0.444 e. The van der Waals surface area contributed by atoms with Gasteiger partial charge in [-0.3, -0.25) is 15.0 Å². The Hall–Kier alpha value is -3.30. The molecule has 0 saturated heterocycles. The van der Waals surface area contributed by atoms with Crippen molar-refractivity contribution in [1.29, 1.82) is 5.41 Å². The molecule has 0 saturated carbocycles. The number of nitrogens with two attached hydrogens (primary N) is 1. The molecule has 0 spiro atoms. The van der Waals surface area contributed by atoms with Crippen LogP contribution >= 0.6 is 0 Å². The Morgan fingerprint density at radius 1 is 1.04 bits per heavy atom. The first-order chi connectivity index (χ1) is 13.1. The lowest BCUT2D eigenvalue weighted by molar-refractivity contribution is -0.125. The van der Waals surface area contributed by atoms with E-state index in [0.29, 0.717) is 11.3 Å². The number of rotatable bonds is 9. The van der Waals surface area contributed by atoms with Gasteiger partial charge in [0.2, 0.25) is 11.8 Å². The highest BCUT2D eigenvalue weighted by Crippen LogP contribution is 2.09. The van der Waals surface area contributed by atoms with Gasteiger partial charge in [-0.05, 0) is 32.9 Å². The van der Waals surface area contributed by atoms with Crippen LogP contribution in [-0.2, 0) is 14.3 Å². The molecule has 3 amide bonds. The standard InChI is InChI=1S/C18H28N6O4/c1-18(2,3)28-17(27)22-8-7-21-14(25)11-24-15(26)10-23-13-6-4-5-12(9-13)16(19)20/h4-6,9,23H,7-8,10-11H2,1-3H3,(H3,19,20)(H,21,25)(H,22,27)(H,24,26). The highest BCUT2D eigenvalue weighted by atomic mass is 16.6. The Bertz CT molecular complexity index is 714. The molecule has 7 N–H and O–H groups in total. The smallest absolute Gasteiger partial charge is 0.407 e. The molecular weight excluding hydrogens is 364 g/mol. The van der Waals surface area contributed by atoms with Crippen LogP contribution in [0.1, 0.15) is 26.3 Å². The van der Waals surface area contributed by atoms with Crippen LogP contribution in [0.4, 0.5) is 10.5 Å². The van der Waals surface area contributed by atoms with Gasteiger partial charge in [0.15, 0.2) is 0 Å². The van der Waals surface area contributed by atoms with Gasteiger partial charge in [0.05, 0.1) is 13.1 Å². The summed E-state index contributed by atoms with van der Waals surface area (Å²) in [6, 6.07) is 6.80. The molecule has 0 aliphatic heterocycles. The maximum atomic E-state index is 11.8. The number of alkyl carbamates (subject to hydrolysis) is 1. The Balaban J connectivity index is 2.19. The molecule has 10 nitrogen and oxygen atoms in total. The molecule has 0 aliphatic carbocycles. The van der Waals surface area contributed by atoms with Crippen LogP contribution in [0.15, 0.2) is 24.3 Å². The zero-order valence-corrected chi connectivity index (χ0v) is 16.3. The summed E-state index contributed by atoms with van der Waals surface area (Å²) in [5.41, 5.74) is 6.02. The molecule has 0 radical (unpaired) electrons. The lowest BCUT2D eigenvalue weighted by Crippen LogP contribution is -2.42. The van der Waals surface area contributed by atoms with Crippen LogP contribution in [0.3, 0.4) is 0 Å². The second-order valence-electron chi connectivity index (χ2n) is 6.90. The molecule has 1 aromatic carbocycles. The highest BCUT2D eigenvalue weighted by molar-refractivity contribution is 5.96. The molecule has 0 aliphatic rings. The third-order valence-corrected chi connectivity index (χ3v) is 3.19. The second kappa shape index (κ2) is 10.8. The molecule has 0 fully saturated rings. The van der Waals surface area contributed by atoms with Gasteiger partial charge in [-0.25, -0.2) is 4.79 Å². The van der Waals surface area contributed by atoms with E-state index in [4.69, 9.17) is 15.9 Å². The maximum absolute atomic E-state index is 11.8. The summed E-state index contributed by atoms with van der Waals surface area (Å²) in [5.74, 6) is -0.806. The normalized spacial score (nSPS) is 10.5. The van der Waals surface area contributed by atoms with E-state index >= 15 is 0 Å². The summed E-state index contributed by atoms with van der Waals surface area (Å²) < 4.78 is 5.06. The summed E-state index contributed by atoms with van der Waals surface area (Å²) >= 11 is 0. The molecule has 0 aromatic heterocycles. The number of hydrogen-bond acceptors (Lipinski definition) is 6. The minimum atomic E-state index is -0.584. The molecule has 0 heterocycles. The molecule has 10 heteroatoms. The number of nitrogens with one attached hydrogen (secondary N) is 5. The first-order valence-electron chi connectivity index (χ1n) is 8.75. The summed E-state index contributed by atoms with van der Waals surface area (Å²) in [6.07, 6.45) is -0.560. The number of anilines is 1. The second-order valence-corrected chi connectivity index (χ2v) is 6.90. The molecule has 0 atom stereocenters. The molecule has 154 valence electrons. The predicted octanol–water partition coefficient (Wildman–Crippen LogP) is 0.140. The molecule has 1 aromatic rings. The minimum Gasteiger partial charge on any atom is -0.444 e. The number of hydrogen-bond donors (Lipinski definition) is 6. The van der Waals surface area contributed by atoms with Crippen molar-refractivity contribution in [1.82, 2.24) is 16.0 Å². The van der Waals surface area contributed by atoms with Crippen LogP contribution in [0.5, 0.6) is 0 Å². The molecule has 1 rings (SSSR count). The summed E-state index contributed by atoms with van der Waals surface area (Å²) in [6.45, 7) is 5.48. The van der Waals surface area contributed by atoms with E-state index in [1.807, 2.05) is 0 Å². The van der Waals surface area contributed by atoms with Crippen molar-refractivity contribution in [2.45, 2.75) is 26.4 Å². The van der Waals surface area contributed by atoms with Crippen molar-refractivity contribution >= 4 is 29.4 Å². The van der Waals surface area contributed by atoms with Gasteiger partial charge in [0.25, 0.3) is 0 Å². The van der Waals surface area contributed by atoms with Crippen molar-refractivity contribution in [3.63, 3.8) is 0 Å². The summed E-state index contributed by atoms with van der Waals surface area (Å²) in [4.78, 5) is 34.9. The summed E-state index contributed by atoms with van der Waals surface area (Å²) in [7, 11) is 0. The Kier molecular flexibility index (Phi) is 8.73. The molecule has 0 unspecified atom stereocenters. The fourth-order valence-corrected chi connectivity index (χ4v) is 1.96. The van der Waals surface area contributed by atoms with Gasteiger partial charge in [-0.2, -0.15) is 0 Å². The van der Waals surface area contributed by atoms with Crippen LogP contribution in [0.25, 0.3) is 0 Å². The number of carbonyl (C=O) groups is 3. The first kappa shape index (κ1) is 22.7. The van der Waals surface area contributed by atoms with Crippen LogP contribution in [-0.4, -0.2) is 55.5 Å². The Morgan fingerprint density at radius 2 is 1.68 bits per heavy atom. The van der Waals surface area contributed by atoms with E-state index in [9.17, 15) is 14.4 Å². The first-order valence-corrected chi connectivity index (χ1v) is 8.75. The number of amides is 3. The third kappa shape index (κ3) is 10.00. The van der Waals surface area contributed by atoms with Crippen LogP contribution in [0.2, 0.25) is 0 Å². The number of ether oxygens (including phenoxy) is 1. The van der Waals surface area contributed by atoms with Crippen LogP contribution < -0.4 is 27.0 Å². The maximum Gasteiger partial charge on any atom is 0.407 e. The fourth-order valence-electron chi connectivity index (χ4n) is 1.96. The van der Waals surface area contributed by atoms with E-state index in [2.05, 4.69) is 21.3 Å². The Labute approximate surface area is 164 Å². The number of nitrogen functional groups attached to an aromatic ring is 1. The van der Waals surface area contributed by atoms with Gasteiger partial charge in [-0.1, -0.05) is 12.1 Å². The van der Waals surface area contributed by atoms with Gasteiger partial charge in [0, 0.05) is 24.3 Å². The van der Waals surface area contributed by atoms with Crippen molar-refractivity contribution in [3.8, 4) is 0 Å². The van der Waals surface area contributed by atoms with Crippen molar-refractivity contribution in [2.24, 2.45) is 5.73 Å². The molecule has 0 bridgehead atoms. The van der Waals surface area contributed by atoms with E-state index in [1.165, 1.54) is 0 Å². The summed E-state index contributed by atoms with van der Waals surface area (Å²) in [5, 5.41) is 17.8. The fraction of sp³-hybridized carbons (Fsp3) is 0.444. The molecule has 28 heavy (non-hydrogen) atoms. The zero-order chi connectivity index (χ0) is 21.2. The topological polar surface area (TPSA) is 158 Å². The Morgan fingerprint density at radius 3 is 2.32 bits per heavy atom. The van der Waals surface area contributed by atoms with Crippen LogP contribution in [0, 0.1) is 5.41 Å². The number of amidine groups is 1. The SMILES string of the molecule is CC(C)(C)OC(=O)NCCNC(=O)CNC(=O)CNc1cccc(C(=N)N)c1. The van der Waals surface area contributed by atoms with E-state index in [1.54, 1.807) is 45.0 Å². The van der Waals surface area contributed by atoms with E-state index < -0.39 is 11.7 Å². The van der Waals surface area contributed by atoms with Gasteiger partial charge >= 0.3 is 6.09 Å². The van der Waals surface area contributed by atoms with E-state index in [-0.39, 0.29) is 43.8 Å². The van der Waals surface area contributed by atoms with Crippen molar-refractivity contribution in [3.05, 3.63) is 29.8 Å². The monoisotopic (exact) mass is 392 g/mol. The highest BCUT2D eigenvalue weighted by Gasteiger charge is 2.15. The van der Waals surface area contributed by atoms with Gasteiger partial charge in [-0.15, -0.1) is 0 Å². The average molecular weight is 392 g/mol. The van der Waals surface area contributed by atoms with Crippen molar-refractivity contribution in [2.75, 3.05) is 31.5 Å². The van der Waals surface area contributed by atoms with Gasteiger partial charge < -0.3 is 31.7 Å². The zero-order valence-electron chi connectivity index (χ0n) is 16.3. The number of benzene rings is 1. The molecular formula is C18H28N6O4. The van der Waals surface area contributed by atoms with E-state index in [0.717, 1.165) is 0 Å².